The number of hydrogen-bond donors (Lipinski definition) is 0. The quantitative estimate of drug-likeness (QED) is 0.329. The van der Waals surface area contributed by atoms with Gasteiger partial charge in [-0.3, -0.25) is 9.13 Å². The average Bonchev–Trinajstić information content (AvgIpc) is 3.00. The molecule has 0 spiro atoms. The molecule has 1 heterocycles. The van der Waals surface area contributed by atoms with Gasteiger partial charge in [0.2, 0.25) is 0 Å². The highest BCUT2D eigenvalue weighted by molar-refractivity contribution is 5.83. The minimum absolute atomic E-state index is 0.0484. The van der Waals surface area contributed by atoms with E-state index < -0.39 is 11.7 Å². The van der Waals surface area contributed by atoms with E-state index in [1.165, 1.54) is 12.1 Å². The van der Waals surface area contributed by atoms with Crippen molar-refractivity contribution in [2.45, 2.75) is 40.1 Å². The van der Waals surface area contributed by atoms with E-state index in [1.54, 1.807) is 40.4 Å². The van der Waals surface area contributed by atoms with Crippen molar-refractivity contribution >= 4 is 11.0 Å². The molecule has 0 atom stereocenters. The predicted octanol–water partition coefficient (Wildman–Crippen LogP) is 6.65. The first-order valence-electron chi connectivity index (χ1n) is 11.0. The standard InChI is InChI=1S/C27H27F3N2O2/c1-26(2,3)17-32-23-13-12-19(15-24(23)31(4)25(32)33)18-9-7-10-21(14-18)34-16-20-8-5-6-11-22(20)27(28,29)30/h5-15H,16-17H2,1-4H3. The molecule has 0 saturated carbocycles. The number of hydrogen-bond acceptors (Lipinski definition) is 2. The molecule has 0 aliphatic rings. The van der Waals surface area contributed by atoms with Crippen LogP contribution in [0.1, 0.15) is 31.9 Å². The second-order valence-corrected chi connectivity index (χ2v) is 9.66. The molecule has 0 unspecified atom stereocenters. The summed E-state index contributed by atoms with van der Waals surface area (Å²) in [6, 6.07) is 18.5. The zero-order chi connectivity index (χ0) is 24.7. The maximum absolute atomic E-state index is 13.3. The van der Waals surface area contributed by atoms with E-state index >= 15 is 0 Å². The van der Waals surface area contributed by atoms with Gasteiger partial charge in [-0.2, -0.15) is 13.2 Å². The lowest BCUT2D eigenvalue weighted by atomic mass is 9.97. The summed E-state index contributed by atoms with van der Waals surface area (Å²) < 4.78 is 48.9. The highest BCUT2D eigenvalue weighted by Gasteiger charge is 2.33. The third-order valence-corrected chi connectivity index (χ3v) is 5.66. The lowest BCUT2D eigenvalue weighted by Crippen LogP contribution is -2.27. The monoisotopic (exact) mass is 468 g/mol. The predicted molar refractivity (Wildman–Crippen MR) is 128 cm³/mol. The summed E-state index contributed by atoms with van der Waals surface area (Å²) in [4.78, 5) is 12.8. The SMILES string of the molecule is Cn1c(=O)n(CC(C)(C)C)c2ccc(-c3cccc(OCc4ccccc4C(F)(F)F)c3)cc21. The summed E-state index contributed by atoms with van der Waals surface area (Å²) in [6.07, 6.45) is -4.43. The fourth-order valence-corrected chi connectivity index (χ4v) is 4.06. The Morgan fingerprint density at radius 1 is 0.853 bits per heavy atom. The first-order chi connectivity index (χ1) is 15.9. The van der Waals surface area contributed by atoms with Gasteiger partial charge in [-0.25, -0.2) is 4.79 Å². The summed E-state index contributed by atoms with van der Waals surface area (Å²) >= 11 is 0. The summed E-state index contributed by atoms with van der Waals surface area (Å²) in [7, 11) is 1.76. The van der Waals surface area contributed by atoms with E-state index in [2.05, 4.69) is 20.8 Å². The molecule has 3 aromatic carbocycles. The van der Waals surface area contributed by atoms with Crippen molar-refractivity contribution < 1.29 is 17.9 Å². The minimum atomic E-state index is -4.43. The Hall–Kier alpha value is -3.48. The van der Waals surface area contributed by atoms with Crippen molar-refractivity contribution in [2.75, 3.05) is 0 Å². The van der Waals surface area contributed by atoms with E-state index in [-0.39, 0.29) is 23.3 Å². The Morgan fingerprint density at radius 2 is 1.56 bits per heavy atom. The topological polar surface area (TPSA) is 36.2 Å². The maximum Gasteiger partial charge on any atom is 0.416 e. The minimum Gasteiger partial charge on any atom is -0.489 e. The van der Waals surface area contributed by atoms with Crippen molar-refractivity contribution in [3.63, 3.8) is 0 Å². The number of nitrogens with zero attached hydrogens (tertiary/aromatic N) is 2. The number of ether oxygens (including phenoxy) is 1. The summed E-state index contributed by atoms with van der Waals surface area (Å²) in [5.74, 6) is 0.466. The largest absolute Gasteiger partial charge is 0.489 e. The van der Waals surface area contributed by atoms with Gasteiger partial charge < -0.3 is 4.74 Å². The molecular weight excluding hydrogens is 441 g/mol. The van der Waals surface area contributed by atoms with Gasteiger partial charge in [-0.1, -0.05) is 57.2 Å². The molecule has 0 amide bonds. The first kappa shape index (κ1) is 23.7. The normalized spacial score (nSPS) is 12.3. The smallest absolute Gasteiger partial charge is 0.416 e. The molecule has 0 aliphatic heterocycles. The van der Waals surface area contributed by atoms with Crippen LogP contribution in [0.3, 0.4) is 0 Å². The zero-order valence-corrected chi connectivity index (χ0v) is 19.6. The number of imidazole rings is 1. The van der Waals surface area contributed by atoms with E-state index in [4.69, 9.17) is 4.74 Å². The van der Waals surface area contributed by atoms with Crippen molar-refractivity contribution in [1.29, 1.82) is 0 Å². The number of aromatic nitrogens is 2. The average molecular weight is 469 g/mol. The van der Waals surface area contributed by atoms with Crippen LogP contribution < -0.4 is 10.4 Å². The van der Waals surface area contributed by atoms with Crippen LogP contribution in [0.15, 0.2) is 71.5 Å². The number of halogens is 3. The van der Waals surface area contributed by atoms with Gasteiger partial charge in [0.15, 0.2) is 0 Å². The number of benzene rings is 3. The number of rotatable bonds is 5. The van der Waals surface area contributed by atoms with Gasteiger partial charge in [-0.15, -0.1) is 0 Å². The van der Waals surface area contributed by atoms with Gasteiger partial charge in [0.1, 0.15) is 12.4 Å². The molecule has 0 N–H and O–H groups in total. The molecule has 0 fully saturated rings. The molecule has 0 saturated heterocycles. The molecule has 4 rings (SSSR count). The lowest BCUT2D eigenvalue weighted by molar-refractivity contribution is -0.138. The van der Waals surface area contributed by atoms with Gasteiger partial charge >= 0.3 is 11.9 Å². The van der Waals surface area contributed by atoms with Crippen molar-refractivity contribution in [1.82, 2.24) is 9.13 Å². The van der Waals surface area contributed by atoms with Crippen LogP contribution >= 0.6 is 0 Å². The lowest BCUT2D eigenvalue weighted by Gasteiger charge is -2.18. The summed E-state index contributed by atoms with van der Waals surface area (Å²) in [5.41, 5.74) is 2.68. The molecule has 178 valence electrons. The van der Waals surface area contributed by atoms with Crippen LogP contribution in [0.2, 0.25) is 0 Å². The molecule has 7 heteroatoms. The third kappa shape index (κ3) is 4.88. The highest BCUT2D eigenvalue weighted by Crippen LogP contribution is 2.33. The van der Waals surface area contributed by atoms with Crippen LogP contribution in [0.4, 0.5) is 13.2 Å². The Kier molecular flexibility index (Phi) is 6.06. The fraction of sp³-hybridized carbons (Fsp3) is 0.296. The molecule has 0 bridgehead atoms. The number of aryl methyl sites for hydroxylation is 1. The Labute approximate surface area is 196 Å². The van der Waals surface area contributed by atoms with Crippen LogP contribution in [-0.4, -0.2) is 9.13 Å². The van der Waals surface area contributed by atoms with Gasteiger partial charge in [0.05, 0.1) is 16.6 Å². The summed E-state index contributed by atoms with van der Waals surface area (Å²) in [6.45, 7) is 6.68. The first-order valence-corrected chi connectivity index (χ1v) is 11.0. The van der Waals surface area contributed by atoms with E-state index in [9.17, 15) is 18.0 Å². The second kappa shape index (κ2) is 8.70. The molecule has 4 nitrogen and oxygen atoms in total. The molecule has 34 heavy (non-hydrogen) atoms. The van der Waals surface area contributed by atoms with Gasteiger partial charge in [0.25, 0.3) is 0 Å². The van der Waals surface area contributed by atoms with Crippen LogP contribution in [0.5, 0.6) is 5.75 Å². The van der Waals surface area contributed by atoms with Crippen molar-refractivity contribution in [2.24, 2.45) is 12.5 Å². The second-order valence-electron chi connectivity index (χ2n) is 9.66. The van der Waals surface area contributed by atoms with Crippen molar-refractivity contribution in [3.05, 3.63) is 88.3 Å². The molecule has 4 aromatic rings. The van der Waals surface area contributed by atoms with Crippen LogP contribution in [0, 0.1) is 5.41 Å². The fourth-order valence-electron chi connectivity index (χ4n) is 4.06. The molecule has 0 aliphatic carbocycles. The third-order valence-electron chi connectivity index (χ3n) is 5.66. The molecule has 0 radical (unpaired) electrons. The Balaban J connectivity index is 1.63. The van der Waals surface area contributed by atoms with E-state index in [1.807, 2.05) is 24.3 Å². The Bertz CT molecular complexity index is 1390. The molecular formula is C27H27F3N2O2. The number of fused-ring (bicyclic) bond motifs is 1. The van der Waals surface area contributed by atoms with E-state index in [0.29, 0.717) is 12.3 Å². The van der Waals surface area contributed by atoms with Crippen molar-refractivity contribution in [3.8, 4) is 16.9 Å². The highest BCUT2D eigenvalue weighted by atomic mass is 19.4. The molecule has 1 aromatic heterocycles. The Morgan fingerprint density at radius 3 is 2.26 bits per heavy atom. The maximum atomic E-state index is 13.3. The van der Waals surface area contributed by atoms with Gasteiger partial charge in [0, 0.05) is 19.2 Å². The van der Waals surface area contributed by atoms with Crippen LogP contribution in [0.25, 0.3) is 22.2 Å². The van der Waals surface area contributed by atoms with E-state index in [0.717, 1.165) is 28.2 Å². The zero-order valence-electron chi connectivity index (χ0n) is 19.6. The number of alkyl halides is 3. The van der Waals surface area contributed by atoms with Gasteiger partial charge in [-0.05, 0) is 46.9 Å². The summed E-state index contributed by atoms with van der Waals surface area (Å²) in [5, 5.41) is 0. The van der Waals surface area contributed by atoms with Crippen LogP contribution in [-0.2, 0) is 26.4 Å².